The van der Waals surface area contributed by atoms with Gasteiger partial charge in [-0.2, -0.15) is 14.9 Å². The van der Waals surface area contributed by atoms with E-state index in [0.29, 0.717) is 46.2 Å². The van der Waals surface area contributed by atoms with Crippen LogP contribution in [0, 0.1) is 5.92 Å². The van der Waals surface area contributed by atoms with Crippen LogP contribution in [0.1, 0.15) is 47.7 Å². The zero-order valence-corrected chi connectivity index (χ0v) is 19.8. The number of carboxylic acids is 1. The number of pyridine rings is 1. The van der Waals surface area contributed by atoms with E-state index in [-0.39, 0.29) is 11.1 Å². The molecule has 0 bridgehead atoms. The average Bonchev–Trinajstić information content (AvgIpc) is 3.79. The number of carboxylic acid groups (broad SMARTS) is 1. The van der Waals surface area contributed by atoms with Gasteiger partial charge in [0, 0.05) is 54.7 Å². The van der Waals surface area contributed by atoms with Gasteiger partial charge in [0.05, 0.1) is 22.3 Å². The van der Waals surface area contributed by atoms with Crippen molar-refractivity contribution in [2.75, 3.05) is 0 Å². The Kier molecular flexibility index (Phi) is 4.45. The quantitative estimate of drug-likeness (QED) is 0.392. The second-order valence-corrected chi connectivity index (χ2v) is 10.0. The van der Waals surface area contributed by atoms with Crippen molar-refractivity contribution >= 4 is 27.9 Å². The van der Waals surface area contributed by atoms with Crippen molar-refractivity contribution in [1.82, 2.24) is 29.1 Å². The van der Waals surface area contributed by atoms with Gasteiger partial charge in [-0.25, -0.2) is 4.79 Å². The summed E-state index contributed by atoms with van der Waals surface area (Å²) in [6, 6.07) is 9.39. The van der Waals surface area contributed by atoms with E-state index in [1.807, 2.05) is 42.1 Å². The molecule has 36 heavy (non-hydrogen) atoms. The lowest BCUT2D eigenvalue weighted by Gasteiger charge is -2.13. The van der Waals surface area contributed by atoms with Crippen molar-refractivity contribution in [3.05, 3.63) is 70.5 Å². The Hall–Kier alpha value is -4.27. The molecule has 2 aliphatic carbocycles. The van der Waals surface area contributed by atoms with E-state index in [0.717, 1.165) is 42.3 Å². The highest BCUT2D eigenvalue weighted by molar-refractivity contribution is 6.05. The minimum absolute atomic E-state index is 0.0886. The van der Waals surface area contributed by atoms with Crippen molar-refractivity contribution in [3.63, 3.8) is 0 Å². The van der Waals surface area contributed by atoms with E-state index in [9.17, 15) is 14.7 Å². The van der Waals surface area contributed by atoms with Gasteiger partial charge >= 0.3 is 5.97 Å². The van der Waals surface area contributed by atoms with E-state index < -0.39 is 5.97 Å². The Morgan fingerprint density at radius 2 is 1.92 bits per heavy atom. The van der Waals surface area contributed by atoms with Crippen molar-refractivity contribution in [3.8, 4) is 16.8 Å². The molecule has 5 aromatic rings. The molecule has 0 spiro atoms. The number of fused-ring (bicyclic) bond motifs is 2. The van der Waals surface area contributed by atoms with Crippen LogP contribution in [-0.2, 0) is 13.6 Å². The number of nitrogens with zero attached hydrogens (tertiary/aromatic N) is 6. The van der Waals surface area contributed by atoms with Crippen LogP contribution in [0.15, 0.2) is 53.7 Å². The van der Waals surface area contributed by atoms with Gasteiger partial charge in [0.25, 0.3) is 5.56 Å². The van der Waals surface area contributed by atoms with Crippen LogP contribution in [0.5, 0.6) is 0 Å². The van der Waals surface area contributed by atoms with Crippen molar-refractivity contribution in [2.24, 2.45) is 13.0 Å². The fourth-order valence-corrected chi connectivity index (χ4v) is 5.02. The fourth-order valence-electron chi connectivity index (χ4n) is 5.02. The highest BCUT2D eigenvalue weighted by Gasteiger charge is 2.29. The lowest BCUT2D eigenvalue weighted by Crippen LogP contribution is -2.24. The van der Waals surface area contributed by atoms with Gasteiger partial charge in [-0.05, 0) is 55.9 Å². The summed E-state index contributed by atoms with van der Waals surface area (Å²) < 4.78 is 4.93. The number of benzene rings is 1. The maximum atomic E-state index is 14.1. The number of aromatic carboxylic acids is 1. The molecule has 0 saturated heterocycles. The first-order valence-corrected chi connectivity index (χ1v) is 12.3. The molecule has 2 aliphatic rings. The van der Waals surface area contributed by atoms with Gasteiger partial charge in [-0.1, -0.05) is 6.07 Å². The molecule has 1 aromatic carbocycles. The number of aryl methyl sites for hydroxylation is 1. The van der Waals surface area contributed by atoms with E-state index in [4.69, 9.17) is 0 Å². The van der Waals surface area contributed by atoms with Crippen LogP contribution in [-0.4, -0.2) is 40.2 Å². The molecule has 0 aliphatic heterocycles. The summed E-state index contributed by atoms with van der Waals surface area (Å²) in [5, 5.41) is 19.9. The SMILES string of the molecule is Cn1cc2cc(-n3nc4c(C(=O)O)cn(CC5CC5)c4c(-c4ccc(C5CC5)nc4)c3=O)ccc2n1. The van der Waals surface area contributed by atoms with Crippen LogP contribution in [0.3, 0.4) is 0 Å². The number of rotatable bonds is 6. The van der Waals surface area contributed by atoms with Crippen molar-refractivity contribution < 1.29 is 9.90 Å². The predicted octanol–water partition coefficient (Wildman–Crippen LogP) is 4.12. The normalized spacial score (nSPS) is 15.7. The molecule has 180 valence electrons. The van der Waals surface area contributed by atoms with Gasteiger partial charge in [-0.15, -0.1) is 0 Å². The maximum Gasteiger partial charge on any atom is 0.339 e. The average molecular weight is 481 g/mol. The van der Waals surface area contributed by atoms with Gasteiger partial charge < -0.3 is 9.67 Å². The Balaban J connectivity index is 1.52. The first-order chi connectivity index (χ1) is 17.5. The third-order valence-electron chi connectivity index (χ3n) is 7.19. The first-order valence-electron chi connectivity index (χ1n) is 12.3. The molecular formula is C27H24N6O3. The Morgan fingerprint density at radius 3 is 2.61 bits per heavy atom. The van der Waals surface area contributed by atoms with E-state index >= 15 is 0 Å². The molecule has 0 amide bonds. The molecule has 1 N–H and O–H groups in total. The topological polar surface area (TPSA) is 108 Å². The second-order valence-electron chi connectivity index (χ2n) is 10.0. The van der Waals surface area contributed by atoms with E-state index in [1.54, 1.807) is 23.1 Å². The number of hydrogen-bond acceptors (Lipinski definition) is 5. The summed E-state index contributed by atoms with van der Waals surface area (Å²) in [6.07, 6.45) is 9.73. The lowest BCUT2D eigenvalue weighted by atomic mass is 10.1. The molecule has 0 unspecified atom stereocenters. The summed E-state index contributed by atoms with van der Waals surface area (Å²) in [5.74, 6) is -0.0827. The zero-order valence-electron chi connectivity index (χ0n) is 19.8. The third kappa shape index (κ3) is 3.42. The summed E-state index contributed by atoms with van der Waals surface area (Å²) in [7, 11) is 1.84. The molecule has 7 rings (SSSR count). The molecule has 0 atom stereocenters. The molecule has 2 saturated carbocycles. The second kappa shape index (κ2) is 7.61. The lowest BCUT2D eigenvalue weighted by molar-refractivity contribution is 0.0698. The maximum absolute atomic E-state index is 14.1. The Morgan fingerprint density at radius 1 is 1.08 bits per heavy atom. The largest absolute Gasteiger partial charge is 0.478 e. The summed E-state index contributed by atoms with van der Waals surface area (Å²) in [4.78, 5) is 31.0. The smallest absolute Gasteiger partial charge is 0.339 e. The van der Waals surface area contributed by atoms with Crippen LogP contribution in [0.4, 0.5) is 0 Å². The fraction of sp³-hybridized carbons (Fsp3) is 0.296. The van der Waals surface area contributed by atoms with Gasteiger partial charge in [0.1, 0.15) is 11.1 Å². The molecule has 9 heteroatoms. The molecule has 4 aromatic heterocycles. The molecule has 2 fully saturated rings. The van der Waals surface area contributed by atoms with Crippen molar-refractivity contribution in [1.29, 1.82) is 0 Å². The number of hydrogen-bond donors (Lipinski definition) is 1. The minimum Gasteiger partial charge on any atom is -0.478 e. The zero-order chi connectivity index (χ0) is 24.6. The molecular weight excluding hydrogens is 456 g/mol. The monoisotopic (exact) mass is 480 g/mol. The van der Waals surface area contributed by atoms with Crippen LogP contribution in [0.25, 0.3) is 38.8 Å². The molecule has 9 nitrogen and oxygen atoms in total. The van der Waals surface area contributed by atoms with Crippen LogP contribution < -0.4 is 5.56 Å². The Labute approximate surface area is 205 Å². The highest BCUT2D eigenvalue weighted by Crippen LogP contribution is 2.40. The van der Waals surface area contributed by atoms with Crippen molar-refractivity contribution in [2.45, 2.75) is 38.1 Å². The van der Waals surface area contributed by atoms with Gasteiger partial charge in [0.2, 0.25) is 0 Å². The van der Waals surface area contributed by atoms with Crippen LogP contribution >= 0.6 is 0 Å². The third-order valence-corrected chi connectivity index (χ3v) is 7.19. The van der Waals surface area contributed by atoms with Crippen LogP contribution in [0.2, 0.25) is 0 Å². The molecule has 0 radical (unpaired) electrons. The molecule has 4 heterocycles. The summed E-state index contributed by atoms with van der Waals surface area (Å²) >= 11 is 0. The highest BCUT2D eigenvalue weighted by atomic mass is 16.4. The van der Waals surface area contributed by atoms with Gasteiger partial charge in [0.15, 0.2) is 0 Å². The van der Waals surface area contributed by atoms with E-state index in [1.165, 1.54) is 4.68 Å². The minimum atomic E-state index is -1.07. The Bertz CT molecular complexity index is 1740. The number of carbonyl (C=O) groups is 1. The number of aromatic nitrogens is 6. The first kappa shape index (κ1) is 21.0. The van der Waals surface area contributed by atoms with E-state index in [2.05, 4.69) is 15.2 Å². The van der Waals surface area contributed by atoms with Gasteiger partial charge in [-0.3, -0.25) is 14.5 Å². The standard InChI is InChI=1S/C27H24N6O3/c1-31-13-18-10-19(7-9-22(18)29-31)33-26(34)23(17-6-8-21(28-11-17)16-4-5-16)25-24(30-33)20(27(35)36)14-32(25)12-15-2-3-15/h6-11,13-16H,2-5,12H2,1H3,(H,35,36). The predicted molar refractivity (Wildman–Crippen MR) is 134 cm³/mol. The summed E-state index contributed by atoms with van der Waals surface area (Å²) in [5.41, 5.74) is 4.12. The summed E-state index contributed by atoms with van der Waals surface area (Å²) in [6.45, 7) is 0.664.